The molecule has 4 heterocycles. The molecule has 4 aliphatic carbocycles. The first-order chi connectivity index (χ1) is 25.2. The summed E-state index contributed by atoms with van der Waals surface area (Å²) in [5.74, 6) is 2.16. The molecule has 14 heteroatoms. The van der Waals surface area contributed by atoms with Crippen LogP contribution in [0, 0.1) is 52.3 Å². The molecule has 1 spiro atoms. The van der Waals surface area contributed by atoms with Crippen LogP contribution in [0.15, 0.2) is 0 Å². The van der Waals surface area contributed by atoms with Crippen molar-refractivity contribution in [3.63, 3.8) is 0 Å². The van der Waals surface area contributed by atoms with Crippen LogP contribution in [0.1, 0.15) is 85.5 Å². The second kappa shape index (κ2) is 14.4. The summed E-state index contributed by atoms with van der Waals surface area (Å²) in [7, 11) is 0. The van der Waals surface area contributed by atoms with Crippen LogP contribution >= 0.6 is 0 Å². The highest BCUT2D eigenvalue weighted by Crippen LogP contribution is 2.71. The first-order valence-corrected chi connectivity index (χ1v) is 20.4. The molecular weight excluding hydrogens is 692 g/mol. The maximum absolute atomic E-state index is 12.0. The van der Waals surface area contributed by atoms with Gasteiger partial charge in [-0.2, -0.15) is 0 Å². The maximum Gasteiger partial charge on any atom is 0.187 e. The number of aliphatic hydroxyl groups excluding tert-OH is 8. The molecule has 14 nitrogen and oxygen atoms in total. The van der Waals surface area contributed by atoms with Crippen LogP contribution < -0.4 is 0 Å². The minimum Gasteiger partial charge on any atom is -0.394 e. The highest BCUT2D eigenvalue weighted by molar-refractivity contribution is 5.16. The molecule has 4 saturated heterocycles. The molecule has 0 radical (unpaired) electrons. The summed E-state index contributed by atoms with van der Waals surface area (Å²) in [6, 6.07) is 0. The molecule has 4 saturated carbocycles. The molecule has 8 N–H and O–H groups in total. The zero-order valence-electron chi connectivity index (χ0n) is 31.6. The van der Waals surface area contributed by atoms with Gasteiger partial charge < -0.3 is 69.3 Å². The molecule has 304 valence electrons. The predicted octanol–water partition coefficient (Wildman–Crippen LogP) is 0.413. The van der Waals surface area contributed by atoms with Crippen molar-refractivity contribution < 1.29 is 69.3 Å². The smallest absolute Gasteiger partial charge is 0.187 e. The Balaban J connectivity index is 0.961. The Hall–Kier alpha value is -0.560. The van der Waals surface area contributed by atoms with Crippen LogP contribution in [0.2, 0.25) is 0 Å². The Bertz CT molecular complexity index is 1300. The second-order valence-corrected chi connectivity index (χ2v) is 18.8. The van der Waals surface area contributed by atoms with E-state index in [2.05, 4.69) is 27.7 Å². The summed E-state index contributed by atoms with van der Waals surface area (Å²) >= 11 is 0. The second-order valence-electron chi connectivity index (χ2n) is 18.8. The zero-order chi connectivity index (χ0) is 37.8. The first kappa shape index (κ1) is 39.3. The molecule has 0 bridgehead atoms. The Morgan fingerprint density at radius 1 is 0.660 bits per heavy atom. The van der Waals surface area contributed by atoms with E-state index in [1.807, 2.05) is 0 Å². The summed E-state index contributed by atoms with van der Waals surface area (Å²) in [5.41, 5.74) is 0.0217. The number of rotatable bonds is 6. The minimum atomic E-state index is -1.74. The van der Waals surface area contributed by atoms with E-state index in [4.69, 9.17) is 28.4 Å². The lowest BCUT2D eigenvalue weighted by Crippen LogP contribution is -2.65. The van der Waals surface area contributed by atoms with Crippen LogP contribution in [0.5, 0.6) is 0 Å². The van der Waals surface area contributed by atoms with E-state index in [9.17, 15) is 40.9 Å². The lowest BCUT2D eigenvalue weighted by Gasteiger charge is -2.62. The average Bonchev–Trinajstić information content (AvgIpc) is 3.58. The molecule has 0 aromatic heterocycles. The molecule has 0 amide bonds. The largest absolute Gasteiger partial charge is 0.394 e. The number of ether oxygens (including phenoxy) is 6. The molecule has 0 aromatic carbocycles. The van der Waals surface area contributed by atoms with E-state index >= 15 is 0 Å². The molecule has 0 unspecified atom stereocenters. The van der Waals surface area contributed by atoms with Crippen molar-refractivity contribution in [2.45, 2.75) is 171 Å². The van der Waals surface area contributed by atoms with Gasteiger partial charge in [0, 0.05) is 12.3 Å². The zero-order valence-corrected chi connectivity index (χ0v) is 31.6. The maximum atomic E-state index is 12.0. The summed E-state index contributed by atoms with van der Waals surface area (Å²) in [4.78, 5) is 0. The lowest BCUT2D eigenvalue weighted by atomic mass is 9.43. The molecule has 8 aliphatic rings. The van der Waals surface area contributed by atoms with Gasteiger partial charge in [0.15, 0.2) is 18.4 Å². The van der Waals surface area contributed by atoms with Crippen molar-refractivity contribution in [3.05, 3.63) is 0 Å². The Kier molecular flexibility index (Phi) is 10.6. The summed E-state index contributed by atoms with van der Waals surface area (Å²) in [5, 5.41) is 84.7. The summed E-state index contributed by atoms with van der Waals surface area (Å²) in [6.45, 7) is 8.93. The predicted molar refractivity (Wildman–Crippen MR) is 184 cm³/mol. The third-order valence-electron chi connectivity index (χ3n) is 16.2. The number of aliphatic hydroxyl groups is 8. The van der Waals surface area contributed by atoms with Crippen LogP contribution in [-0.2, 0) is 28.4 Å². The van der Waals surface area contributed by atoms with Crippen molar-refractivity contribution in [3.8, 4) is 0 Å². The number of fused-ring (bicyclic) bond motifs is 7. The third-order valence-corrected chi connectivity index (χ3v) is 16.2. The summed E-state index contributed by atoms with van der Waals surface area (Å²) < 4.78 is 37.3. The fourth-order valence-corrected chi connectivity index (χ4v) is 13.2. The van der Waals surface area contributed by atoms with Gasteiger partial charge in [-0.25, -0.2) is 0 Å². The number of hydrogen-bond donors (Lipinski definition) is 8. The van der Waals surface area contributed by atoms with Crippen molar-refractivity contribution >= 4 is 0 Å². The Labute approximate surface area is 312 Å². The fourth-order valence-electron chi connectivity index (χ4n) is 13.2. The molecule has 23 atom stereocenters. The monoisotopic (exact) mass is 756 g/mol. The topological polar surface area (TPSA) is 217 Å². The Morgan fingerprint density at radius 3 is 2.02 bits per heavy atom. The third kappa shape index (κ3) is 6.20. The number of hydrogen-bond acceptors (Lipinski definition) is 14. The van der Waals surface area contributed by atoms with Gasteiger partial charge in [-0.3, -0.25) is 0 Å². The van der Waals surface area contributed by atoms with Crippen LogP contribution in [0.25, 0.3) is 0 Å². The molecule has 4 aliphatic heterocycles. The van der Waals surface area contributed by atoms with Gasteiger partial charge in [0.2, 0.25) is 0 Å². The highest BCUT2D eigenvalue weighted by atomic mass is 16.8. The van der Waals surface area contributed by atoms with Gasteiger partial charge >= 0.3 is 0 Å². The van der Waals surface area contributed by atoms with Crippen molar-refractivity contribution in [1.29, 1.82) is 0 Å². The van der Waals surface area contributed by atoms with Crippen LogP contribution in [0.3, 0.4) is 0 Å². The molecule has 8 fully saturated rings. The fraction of sp³-hybridized carbons (Fsp3) is 1.00. The Morgan fingerprint density at radius 2 is 1.34 bits per heavy atom. The van der Waals surface area contributed by atoms with Crippen molar-refractivity contribution in [2.75, 3.05) is 19.8 Å². The first-order valence-electron chi connectivity index (χ1n) is 20.4. The van der Waals surface area contributed by atoms with E-state index in [-0.39, 0.29) is 22.9 Å². The molecule has 8 rings (SSSR count). The lowest BCUT2D eigenvalue weighted by molar-refractivity contribution is -0.373. The van der Waals surface area contributed by atoms with Crippen LogP contribution in [0.4, 0.5) is 0 Å². The summed E-state index contributed by atoms with van der Waals surface area (Å²) in [6.07, 6.45) is -7.68. The standard InChI is InChI=1S/C39H64O14/c1-17-5-10-39(48-16-17)18(2)28-25(53-39)13-22-20-12-24(42)23-11-19(6-8-37(23,3)21(20)7-9-38(22,28)4)49-36-34(32(46)30(44)27(15-41)51-36)52-35-33(47)31(45)29(43)26(14-40)50-35/h17-36,40-47H,5-16H2,1-4H3/t17-,18+,19+,20-,21+,22+,23-,24+,25+,26-,27-,28+,29-,30-,31+,32+,33+,34-,35-,36-,37-,38+,39-/m1/s1. The van der Waals surface area contributed by atoms with Gasteiger partial charge in [0.25, 0.3) is 0 Å². The molecule has 0 aromatic rings. The normalized spacial score (nSPS) is 59.5. The minimum absolute atomic E-state index is 0.0404. The van der Waals surface area contributed by atoms with E-state index in [0.717, 1.165) is 51.6 Å². The van der Waals surface area contributed by atoms with E-state index in [1.54, 1.807) is 0 Å². The van der Waals surface area contributed by atoms with E-state index in [1.165, 1.54) is 0 Å². The van der Waals surface area contributed by atoms with E-state index < -0.39 is 92.6 Å². The van der Waals surface area contributed by atoms with Gasteiger partial charge in [0.05, 0.1) is 38.1 Å². The van der Waals surface area contributed by atoms with Gasteiger partial charge in [-0.15, -0.1) is 0 Å². The van der Waals surface area contributed by atoms with Crippen LogP contribution in [-0.4, -0.2) is 146 Å². The van der Waals surface area contributed by atoms with Crippen molar-refractivity contribution in [2.24, 2.45) is 52.3 Å². The molecular formula is C39H64O14. The van der Waals surface area contributed by atoms with Gasteiger partial charge in [-0.05, 0) is 97.7 Å². The SMILES string of the molecule is C[C@@H]1CC[C@@]2(OC1)O[C@H]1C[C@H]3[C@@H]4C[C@H](O)[C@H]5C[C@@H](O[C@@H]6O[C@H](CO)[C@@H](O)[C@H](O)[C@H]6O[C@H]6O[C@H](CO)[C@@H](O)[C@H](O)[C@@H]6O)CC[C@]5(C)[C@H]4CC[C@]3(C)[C@H]1[C@@H]2C. The molecule has 53 heavy (non-hydrogen) atoms. The average molecular weight is 757 g/mol. The highest BCUT2D eigenvalue weighted by Gasteiger charge is 2.70. The van der Waals surface area contributed by atoms with E-state index in [0.29, 0.717) is 48.3 Å². The quantitative estimate of drug-likeness (QED) is 0.173. The van der Waals surface area contributed by atoms with Gasteiger partial charge in [0.1, 0.15) is 48.8 Å². The van der Waals surface area contributed by atoms with Crippen molar-refractivity contribution in [1.82, 2.24) is 0 Å². The van der Waals surface area contributed by atoms with Gasteiger partial charge in [-0.1, -0.05) is 27.7 Å².